The first-order valence-electron chi connectivity index (χ1n) is 8.96. The van der Waals surface area contributed by atoms with Crippen molar-refractivity contribution in [2.45, 2.75) is 25.3 Å². The van der Waals surface area contributed by atoms with Gasteiger partial charge in [0.05, 0.1) is 24.5 Å². The maximum absolute atomic E-state index is 11.9. The van der Waals surface area contributed by atoms with Crippen molar-refractivity contribution in [2.24, 2.45) is 16.8 Å². The normalized spacial score (nSPS) is 20.6. The van der Waals surface area contributed by atoms with Crippen molar-refractivity contribution in [3.8, 4) is 0 Å². The molecule has 8 nitrogen and oxygen atoms in total. The van der Waals surface area contributed by atoms with Gasteiger partial charge in [0.2, 0.25) is 10.0 Å². The summed E-state index contributed by atoms with van der Waals surface area (Å²) in [4.78, 5) is 18.8. The number of methoxy groups -OCH3 is 1. The van der Waals surface area contributed by atoms with Crippen molar-refractivity contribution in [2.75, 3.05) is 33.8 Å². The van der Waals surface area contributed by atoms with E-state index in [1.807, 2.05) is 13.8 Å². The van der Waals surface area contributed by atoms with E-state index in [1.165, 1.54) is 14.2 Å². The number of sulfonamides is 1. The summed E-state index contributed by atoms with van der Waals surface area (Å²) < 4.78 is 30.8. The van der Waals surface area contributed by atoms with Gasteiger partial charge in [-0.05, 0) is 37.6 Å². The molecule has 0 saturated carbocycles. The summed E-state index contributed by atoms with van der Waals surface area (Å²) in [5.74, 6) is 0.571. The van der Waals surface area contributed by atoms with Gasteiger partial charge in [0.15, 0.2) is 5.96 Å². The third-order valence-corrected chi connectivity index (χ3v) is 6.09. The van der Waals surface area contributed by atoms with Crippen LogP contribution in [-0.4, -0.2) is 59.0 Å². The Kier molecular flexibility index (Phi) is 7.20. The Bertz CT molecular complexity index is 777. The number of benzene rings is 1. The predicted molar refractivity (Wildman–Crippen MR) is 104 cm³/mol. The SMILES string of the molecule is CCNC(=NCc1ccc(S(=O)(=O)NC)cc1)N1CC(C)C(C(=O)OC)C1. The number of carbonyl (C=O) groups is 1. The van der Waals surface area contributed by atoms with Gasteiger partial charge >= 0.3 is 5.97 Å². The Morgan fingerprint density at radius 1 is 1.30 bits per heavy atom. The number of carbonyl (C=O) groups excluding carboxylic acids is 1. The predicted octanol–water partition coefficient (Wildman–Crippen LogP) is 0.801. The van der Waals surface area contributed by atoms with Crippen LogP contribution in [0.3, 0.4) is 0 Å². The van der Waals surface area contributed by atoms with Crippen LogP contribution in [0.5, 0.6) is 0 Å². The van der Waals surface area contributed by atoms with E-state index >= 15 is 0 Å². The van der Waals surface area contributed by atoms with Gasteiger partial charge in [-0.15, -0.1) is 0 Å². The average Bonchev–Trinajstić information content (AvgIpc) is 3.06. The summed E-state index contributed by atoms with van der Waals surface area (Å²) in [6, 6.07) is 6.63. The second kappa shape index (κ2) is 9.18. The third kappa shape index (κ3) is 5.20. The topological polar surface area (TPSA) is 100 Å². The fraction of sp³-hybridized carbons (Fsp3) is 0.556. The molecule has 1 aromatic carbocycles. The van der Waals surface area contributed by atoms with E-state index in [4.69, 9.17) is 4.74 Å². The Morgan fingerprint density at radius 3 is 2.52 bits per heavy atom. The summed E-state index contributed by atoms with van der Waals surface area (Å²) in [6.45, 7) is 6.45. The van der Waals surface area contributed by atoms with Crippen molar-refractivity contribution in [1.82, 2.24) is 14.9 Å². The summed E-state index contributed by atoms with van der Waals surface area (Å²) in [7, 11) is -0.646. The third-order valence-electron chi connectivity index (χ3n) is 4.66. The van der Waals surface area contributed by atoms with Gasteiger partial charge in [0.25, 0.3) is 0 Å². The molecule has 2 rings (SSSR count). The molecule has 1 saturated heterocycles. The number of guanidine groups is 1. The molecule has 9 heteroatoms. The van der Waals surface area contributed by atoms with E-state index in [1.54, 1.807) is 24.3 Å². The maximum atomic E-state index is 11.9. The molecule has 1 aliphatic heterocycles. The smallest absolute Gasteiger partial charge is 0.310 e. The molecule has 27 heavy (non-hydrogen) atoms. The van der Waals surface area contributed by atoms with Gasteiger partial charge in [-0.2, -0.15) is 0 Å². The minimum absolute atomic E-state index is 0.162. The number of nitrogens with one attached hydrogen (secondary N) is 2. The van der Waals surface area contributed by atoms with Gasteiger partial charge < -0.3 is 15.0 Å². The molecule has 0 bridgehead atoms. The number of aliphatic imine (C=N–C) groups is 1. The lowest BCUT2D eigenvalue weighted by molar-refractivity contribution is -0.145. The Labute approximate surface area is 161 Å². The van der Waals surface area contributed by atoms with Gasteiger partial charge in [0.1, 0.15) is 0 Å². The van der Waals surface area contributed by atoms with Crippen molar-refractivity contribution in [3.05, 3.63) is 29.8 Å². The molecule has 0 radical (unpaired) electrons. The minimum Gasteiger partial charge on any atom is -0.469 e. The van der Waals surface area contributed by atoms with Crippen LogP contribution in [0.2, 0.25) is 0 Å². The molecular formula is C18H28N4O4S. The molecule has 0 aliphatic carbocycles. The van der Waals surface area contributed by atoms with Crippen molar-refractivity contribution >= 4 is 22.0 Å². The molecule has 1 aromatic rings. The molecule has 150 valence electrons. The molecule has 1 aliphatic rings. The number of hydrogen-bond donors (Lipinski definition) is 2. The van der Waals surface area contributed by atoms with E-state index in [-0.39, 0.29) is 22.7 Å². The fourth-order valence-electron chi connectivity index (χ4n) is 3.08. The lowest BCUT2D eigenvalue weighted by atomic mass is 9.99. The largest absolute Gasteiger partial charge is 0.469 e. The fourth-order valence-corrected chi connectivity index (χ4v) is 3.81. The number of rotatable bonds is 6. The number of ether oxygens (including phenoxy) is 1. The van der Waals surface area contributed by atoms with Crippen molar-refractivity contribution in [1.29, 1.82) is 0 Å². The number of esters is 1. The van der Waals surface area contributed by atoms with Crippen LogP contribution in [0, 0.1) is 11.8 Å². The Morgan fingerprint density at radius 2 is 1.96 bits per heavy atom. The van der Waals surface area contributed by atoms with Crippen LogP contribution in [0.4, 0.5) is 0 Å². The molecule has 0 aromatic heterocycles. The van der Waals surface area contributed by atoms with E-state index in [0.717, 1.165) is 18.1 Å². The van der Waals surface area contributed by atoms with E-state index in [9.17, 15) is 13.2 Å². The molecule has 1 heterocycles. The lowest BCUT2D eigenvalue weighted by Crippen LogP contribution is -2.40. The van der Waals surface area contributed by atoms with Crippen LogP contribution in [-0.2, 0) is 26.1 Å². The second-order valence-corrected chi connectivity index (χ2v) is 8.42. The lowest BCUT2D eigenvalue weighted by Gasteiger charge is -2.21. The van der Waals surface area contributed by atoms with Gasteiger partial charge in [-0.25, -0.2) is 18.1 Å². The first-order valence-corrected chi connectivity index (χ1v) is 10.4. The molecule has 0 amide bonds. The average molecular weight is 397 g/mol. The summed E-state index contributed by atoms with van der Waals surface area (Å²) in [5, 5.41) is 3.26. The maximum Gasteiger partial charge on any atom is 0.310 e. The van der Waals surface area contributed by atoms with Crippen molar-refractivity contribution < 1.29 is 17.9 Å². The number of nitrogens with zero attached hydrogens (tertiary/aromatic N) is 2. The van der Waals surface area contributed by atoms with Crippen LogP contribution >= 0.6 is 0 Å². The molecule has 0 spiro atoms. The van der Waals surface area contributed by atoms with Gasteiger partial charge in [-0.3, -0.25) is 4.79 Å². The van der Waals surface area contributed by atoms with Crippen LogP contribution in [0.15, 0.2) is 34.2 Å². The second-order valence-electron chi connectivity index (χ2n) is 6.53. The van der Waals surface area contributed by atoms with Crippen molar-refractivity contribution in [3.63, 3.8) is 0 Å². The highest BCUT2D eigenvalue weighted by Crippen LogP contribution is 2.24. The van der Waals surface area contributed by atoms with Gasteiger partial charge in [0, 0.05) is 19.6 Å². The summed E-state index contributed by atoms with van der Waals surface area (Å²) >= 11 is 0. The highest BCUT2D eigenvalue weighted by molar-refractivity contribution is 7.89. The number of hydrogen-bond acceptors (Lipinski definition) is 5. The molecule has 2 unspecified atom stereocenters. The van der Waals surface area contributed by atoms with Crippen LogP contribution < -0.4 is 10.0 Å². The molecule has 2 N–H and O–H groups in total. The zero-order valence-electron chi connectivity index (χ0n) is 16.2. The zero-order valence-corrected chi connectivity index (χ0v) is 17.0. The van der Waals surface area contributed by atoms with E-state index < -0.39 is 10.0 Å². The molecule has 2 atom stereocenters. The quantitative estimate of drug-likeness (QED) is 0.419. The van der Waals surface area contributed by atoms with Crippen LogP contribution in [0.1, 0.15) is 19.4 Å². The highest BCUT2D eigenvalue weighted by atomic mass is 32.2. The highest BCUT2D eigenvalue weighted by Gasteiger charge is 2.36. The standard InChI is InChI=1S/C18H28N4O4S/c1-5-20-18(22-11-13(2)16(12-22)17(23)26-4)21-10-14-6-8-15(9-7-14)27(24,25)19-3/h6-9,13,16,19H,5,10-12H2,1-4H3,(H,20,21). The van der Waals surface area contributed by atoms with Gasteiger partial charge in [-0.1, -0.05) is 19.1 Å². The molecule has 1 fully saturated rings. The Hall–Kier alpha value is -2.13. The zero-order chi connectivity index (χ0) is 20.0. The first-order chi connectivity index (χ1) is 12.8. The van der Waals surface area contributed by atoms with E-state index in [2.05, 4.69) is 19.9 Å². The molecular weight excluding hydrogens is 368 g/mol. The monoisotopic (exact) mass is 396 g/mol. The Balaban J connectivity index is 2.11. The van der Waals surface area contributed by atoms with Crippen LogP contribution in [0.25, 0.3) is 0 Å². The summed E-state index contributed by atoms with van der Waals surface area (Å²) in [5.41, 5.74) is 0.900. The number of likely N-dealkylation sites (tertiary alicyclic amines) is 1. The van der Waals surface area contributed by atoms with E-state index in [0.29, 0.717) is 19.6 Å². The first kappa shape index (κ1) is 21.2. The summed E-state index contributed by atoms with van der Waals surface area (Å²) in [6.07, 6.45) is 0. The minimum atomic E-state index is -3.44.